The van der Waals surface area contributed by atoms with Crippen molar-refractivity contribution in [1.82, 2.24) is 9.80 Å². The molecular weight excluding hydrogens is 268 g/mol. The van der Waals surface area contributed by atoms with Crippen molar-refractivity contribution < 1.29 is 14.7 Å². The molecule has 0 aromatic carbocycles. The summed E-state index contributed by atoms with van der Waals surface area (Å²) >= 11 is 0. The second-order valence-corrected chi connectivity index (χ2v) is 6.86. The van der Waals surface area contributed by atoms with E-state index in [4.69, 9.17) is 5.11 Å². The van der Waals surface area contributed by atoms with Gasteiger partial charge in [-0.25, -0.2) is 0 Å². The van der Waals surface area contributed by atoms with Gasteiger partial charge in [0.25, 0.3) is 0 Å². The van der Waals surface area contributed by atoms with Gasteiger partial charge < -0.3 is 10.0 Å². The van der Waals surface area contributed by atoms with E-state index in [0.29, 0.717) is 18.9 Å². The molecule has 1 aliphatic carbocycles. The minimum atomic E-state index is -0.697. The standard InChI is InChI=1S/C16H26N2O3/c19-15(12-4-6-13(7-5-12)16(20)21)18-10-2-9-17-8-1-3-14(17)11-18/h12-14H,1-11H2,(H,20,21). The van der Waals surface area contributed by atoms with Crippen LogP contribution in [0, 0.1) is 11.8 Å². The maximum Gasteiger partial charge on any atom is 0.306 e. The number of hydrogen-bond donors (Lipinski definition) is 1. The maximum absolute atomic E-state index is 12.7. The molecule has 1 atom stereocenters. The topological polar surface area (TPSA) is 60.9 Å². The molecule has 0 aromatic heterocycles. The Hall–Kier alpha value is -1.10. The fraction of sp³-hybridized carbons (Fsp3) is 0.875. The average molecular weight is 294 g/mol. The lowest BCUT2D eigenvalue weighted by molar-refractivity contribution is -0.145. The number of fused-ring (bicyclic) bond motifs is 1. The molecule has 1 N–H and O–H groups in total. The number of hydrogen-bond acceptors (Lipinski definition) is 3. The van der Waals surface area contributed by atoms with E-state index in [1.54, 1.807) is 0 Å². The van der Waals surface area contributed by atoms with Crippen LogP contribution < -0.4 is 0 Å². The van der Waals surface area contributed by atoms with Crippen LogP contribution in [-0.2, 0) is 9.59 Å². The summed E-state index contributed by atoms with van der Waals surface area (Å²) in [4.78, 5) is 28.3. The van der Waals surface area contributed by atoms with Crippen LogP contribution in [0.3, 0.4) is 0 Å². The quantitative estimate of drug-likeness (QED) is 0.840. The lowest BCUT2D eigenvalue weighted by Gasteiger charge is -2.32. The van der Waals surface area contributed by atoms with Crippen molar-refractivity contribution in [3.8, 4) is 0 Å². The summed E-state index contributed by atoms with van der Waals surface area (Å²) in [6.45, 7) is 4.08. The zero-order valence-electron chi connectivity index (χ0n) is 12.7. The van der Waals surface area contributed by atoms with Crippen LogP contribution in [0.25, 0.3) is 0 Å². The molecular formula is C16H26N2O3. The van der Waals surface area contributed by atoms with Crippen LogP contribution in [-0.4, -0.2) is 59.0 Å². The number of amides is 1. The molecule has 2 aliphatic heterocycles. The Balaban J connectivity index is 1.56. The first-order valence-electron chi connectivity index (χ1n) is 8.41. The number of carbonyl (C=O) groups excluding carboxylic acids is 1. The van der Waals surface area contributed by atoms with Gasteiger partial charge in [-0.15, -0.1) is 0 Å². The number of aliphatic carboxylic acids is 1. The van der Waals surface area contributed by atoms with Crippen LogP contribution in [0.4, 0.5) is 0 Å². The molecule has 5 nitrogen and oxygen atoms in total. The Morgan fingerprint density at radius 3 is 2.24 bits per heavy atom. The smallest absolute Gasteiger partial charge is 0.306 e. The highest BCUT2D eigenvalue weighted by Gasteiger charge is 2.35. The molecule has 1 amide bonds. The van der Waals surface area contributed by atoms with Gasteiger partial charge in [0.15, 0.2) is 0 Å². The number of carboxylic acids is 1. The number of nitrogens with zero attached hydrogens (tertiary/aromatic N) is 2. The van der Waals surface area contributed by atoms with E-state index in [9.17, 15) is 9.59 Å². The van der Waals surface area contributed by atoms with Crippen LogP contribution in [0.5, 0.6) is 0 Å². The zero-order chi connectivity index (χ0) is 14.8. The predicted molar refractivity (Wildman–Crippen MR) is 78.9 cm³/mol. The molecule has 3 rings (SSSR count). The molecule has 0 bridgehead atoms. The highest BCUT2D eigenvalue weighted by molar-refractivity contribution is 5.79. The van der Waals surface area contributed by atoms with E-state index in [2.05, 4.69) is 9.80 Å². The van der Waals surface area contributed by atoms with Gasteiger partial charge in [0.05, 0.1) is 5.92 Å². The lowest BCUT2D eigenvalue weighted by atomic mass is 9.81. The third-order valence-electron chi connectivity index (χ3n) is 5.54. The summed E-state index contributed by atoms with van der Waals surface area (Å²) < 4.78 is 0. The first-order valence-corrected chi connectivity index (χ1v) is 8.41. The van der Waals surface area contributed by atoms with Gasteiger partial charge in [0.2, 0.25) is 5.91 Å². The van der Waals surface area contributed by atoms with E-state index in [0.717, 1.165) is 38.9 Å². The first-order chi connectivity index (χ1) is 10.1. The normalized spacial score (nSPS) is 34.3. The molecule has 5 heteroatoms. The Labute approximate surface area is 126 Å². The van der Waals surface area contributed by atoms with Crippen molar-refractivity contribution >= 4 is 11.9 Å². The predicted octanol–water partition coefficient (Wildman–Crippen LogP) is 1.57. The van der Waals surface area contributed by atoms with Crippen LogP contribution in [0.2, 0.25) is 0 Å². The minimum Gasteiger partial charge on any atom is -0.481 e. The molecule has 3 fully saturated rings. The second-order valence-electron chi connectivity index (χ2n) is 6.86. The van der Waals surface area contributed by atoms with Crippen LogP contribution in [0.1, 0.15) is 44.9 Å². The fourth-order valence-electron chi connectivity index (χ4n) is 4.25. The highest BCUT2D eigenvalue weighted by atomic mass is 16.4. The van der Waals surface area contributed by atoms with E-state index < -0.39 is 5.97 Å². The van der Waals surface area contributed by atoms with Crippen molar-refractivity contribution in [3.05, 3.63) is 0 Å². The first kappa shape index (κ1) is 14.8. The Morgan fingerprint density at radius 2 is 1.52 bits per heavy atom. The zero-order valence-corrected chi connectivity index (χ0v) is 12.7. The highest BCUT2D eigenvalue weighted by Crippen LogP contribution is 2.31. The van der Waals surface area contributed by atoms with E-state index in [1.807, 2.05) is 0 Å². The van der Waals surface area contributed by atoms with Crippen molar-refractivity contribution in [2.75, 3.05) is 26.2 Å². The molecule has 21 heavy (non-hydrogen) atoms. The average Bonchev–Trinajstić information content (AvgIpc) is 2.83. The van der Waals surface area contributed by atoms with Crippen molar-refractivity contribution in [3.63, 3.8) is 0 Å². The molecule has 0 aromatic rings. The molecule has 118 valence electrons. The van der Waals surface area contributed by atoms with Gasteiger partial charge in [0.1, 0.15) is 0 Å². The molecule has 2 saturated heterocycles. The third kappa shape index (κ3) is 3.23. The van der Waals surface area contributed by atoms with Crippen molar-refractivity contribution in [2.24, 2.45) is 11.8 Å². The molecule has 3 aliphatic rings. The van der Waals surface area contributed by atoms with E-state index in [1.165, 1.54) is 19.4 Å². The number of rotatable bonds is 2. The summed E-state index contributed by atoms with van der Waals surface area (Å²) in [7, 11) is 0. The van der Waals surface area contributed by atoms with Crippen LogP contribution >= 0.6 is 0 Å². The van der Waals surface area contributed by atoms with Crippen molar-refractivity contribution in [1.29, 1.82) is 0 Å². The Kier molecular flexibility index (Phi) is 4.48. The van der Waals surface area contributed by atoms with Gasteiger partial charge in [-0.3, -0.25) is 14.5 Å². The monoisotopic (exact) mass is 294 g/mol. The summed E-state index contributed by atoms with van der Waals surface area (Å²) in [5.41, 5.74) is 0. The Bertz CT molecular complexity index is 404. The SMILES string of the molecule is O=C(O)C1CCC(C(=O)N2CCCN3CCCC3C2)CC1. The van der Waals surface area contributed by atoms with E-state index >= 15 is 0 Å². The molecule has 0 spiro atoms. The largest absolute Gasteiger partial charge is 0.481 e. The van der Waals surface area contributed by atoms with Gasteiger partial charge in [0, 0.05) is 31.6 Å². The van der Waals surface area contributed by atoms with Gasteiger partial charge >= 0.3 is 5.97 Å². The third-order valence-corrected chi connectivity index (χ3v) is 5.54. The molecule has 0 radical (unpaired) electrons. The molecule has 2 heterocycles. The second kappa shape index (κ2) is 6.34. The van der Waals surface area contributed by atoms with Crippen LogP contribution in [0.15, 0.2) is 0 Å². The van der Waals surface area contributed by atoms with E-state index in [-0.39, 0.29) is 17.7 Å². The van der Waals surface area contributed by atoms with Gasteiger partial charge in [-0.2, -0.15) is 0 Å². The summed E-state index contributed by atoms with van der Waals surface area (Å²) in [5.74, 6) is -0.582. The lowest BCUT2D eigenvalue weighted by Crippen LogP contribution is -2.43. The summed E-state index contributed by atoms with van der Waals surface area (Å²) in [5, 5.41) is 9.05. The molecule has 1 unspecified atom stereocenters. The summed E-state index contributed by atoms with van der Waals surface area (Å²) in [6, 6.07) is 0.562. The minimum absolute atomic E-state index is 0.0635. The number of carbonyl (C=O) groups is 2. The number of carboxylic acid groups (broad SMARTS) is 1. The fourth-order valence-corrected chi connectivity index (χ4v) is 4.25. The Morgan fingerprint density at radius 1 is 0.857 bits per heavy atom. The summed E-state index contributed by atoms with van der Waals surface area (Å²) in [6.07, 6.45) is 6.38. The molecule has 1 saturated carbocycles. The van der Waals surface area contributed by atoms with Gasteiger partial charge in [-0.05, 0) is 51.5 Å². The maximum atomic E-state index is 12.7. The van der Waals surface area contributed by atoms with Gasteiger partial charge in [-0.1, -0.05) is 0 Å². The van der Waals surface area contributed by atoms with Crippen molar-refractivity contribution in [2.45, 2.75) is 51.0 Å².